The van der Waals surface area contributed by atoms with Gasteiger partial charge in [-0.05, 0) is 30.0 Å². The third kappa shape index (κ3) is 2.48. The van der Waals surface area contributed by atoms with Gasteiger partial charge in [0.25, 0.3) is 0 Å². The van der Waals surface area contributed by atoms with E-state index in [0.717, 1.165) is 11.1 Å². The summed E-state index contributed by atoms with van der Waals surface area (Å²) in [7, 11) is 0. The first kappa shape index (κ1) is 15.2. The minimum atomic E-state index is -1.30. The highest BCUT2D eigenvalue weighted by atomic mass is 16.6. The molecule has 2 atom stereocenters. The Bertz CT molecular complexity index is 749. The van der Waals surface area contributed by atoms with E-state index in [-0.39, 0.29) is 12.2 Å². The molecule has 3 rings (SSSR count). The quantitative estimate of drug-likeness (QED) is 0.492. The molecule has 0 N–H and O–H groups in total. The molecule has 23 heavy (non-hydrogen) atoms. The van der Waals surface area contributed by atoms with Crippen LogP contribution >= 0.6 is 0 Å². The summed E-state index contributed by atoms with van der Waals surface area (Å²) in [6.07, 6.45) is -0.291. The fraction of sp³-hybridized carbons (Fsp3) is 0.200. The second-order valence-electron chi connectivity index (χ2n) is 5.85. The van der Waals surface area contributed by atoms with Gasteiger partial charge in [0.15, 0.2) is 11.2 Å². The van der Waals surface area contributed by atoms with Crippen LogP contribution in [-0.2, 0) is 20.7 Å². The van der Waals surface area contributed by atoms with Crippen LogP contribution in [0, 0.1) is 5.41 Å². The molecule has 0 spiro atoms. The van der Waals surface area contributed by atoms with Crippen LogP contribution < -0.4 is 0 Å². The van der Waals surface area contributed by atoms with Crippen molar-refractivity contribution in [1.82, 2.24) is 0 Å². The van der Waals surface area contributed by atoms with E-state index < -0.39 is 17.5 Å². The van der Waals surface area contributed by atoms with Crippen LogP contribution in [0.15, 0.2) is 72.8 Å². The number of carbonyl (C=O) groups is 2. The minimum absolute atomic E-state index is 0.227. The van der Waals surface area contributed by atoms with E-state index in [1.807, 2.05) is 60.7 Å². The van der Waals surface area contributed by atoms with Gasteiger partial charge in [-0.25, -0.2) is 0 Å². The second-order valence-corrected chi connectivity index (χ2v) is 5.85. The SMILES string of the molecule is C=C1C(c2ccccc2)OC(=O)C1(Cc1ccccc1)C(C)=O. The minimum Gasteiger partial charge on any atom is -0.452 e. The normalized spacial score (nSPS) is 23.6. The van der Waals surface area contributed by atoms with Gasteiger partial charge in [-0.1, -0.05) is 67.2 Å². The zero-order chi connectivity index (χ0) is 16.4. The number of ketones is 1. The van der Waals surface area contributed by atoms with Crippen LogP contribution in [-0.4, -0.2) is 11.8 Å². The fourth-order valence-corrected chi connectivity index (χ4v) is 3.11. The summed E-state index contributed by atoms with van der Waals surface area (Å²) < 4.78 is 5.55. The molecule has 116 valence electrons. The number of esters is 1. The molecule has 1 saturated heterocycles. The van der Waals surface area contributed by atoms with Gasteiger partial charge < -0.3 is 4.74 Å². The molecule has 2 unspecified atom stereocenters. The van der Waals surface area contributed by atoms with E-state index >= 15 is 0 Å². The molecule has 0 saturated carbocycles. The molecule has 0 radical (unpaired) electrons. The van der Waals surface area contributed by atoms with Gasteiger partial charge in [-0.3, -0.25) is 9.59 Å². The van der Waals surface area contributed by atoms with E-state index in [4.69, 9.17) is 4.74 Å². The maximum absolute atomic E-state index is 12.6. The van der Waals surface area contributed by atoms with Crippen molar-refractivity contribution < 1.29 is 14.3 Å². The first-order chi connectivity index (χ1) is 11.1. The largest absolute Gasteiger partial charge is 0.452 e. The predicted molar refractivity (Wildman–Crippen MR) is 87.7 cm³/mol. The molecule has 1 heterocycles. The Morgan fingerprint density at radius 2 is 1.65 bits per heavy atom. The third-order valence-corrected chi connectivity index (χ3v) is 4.45. The summed E-state index contributed by atoms with van der Waals surface area (Å²) in [5.74, 6) is -0.734. The molecular weight excluding hydrogens is 288 g/mol. The molecule has 3 heteroatoms. The van der Waals surface area contributed by atoms with Crippen molar-refractivity contribution in [3.8, 4) is 0 Å². The first-order valence-corrected chi connectivity index (χ1v) is 7.56. The zero-order valence-corrected chi connectivity index (χ0v) is 13.0. The van der Waals surface area contributed by atoms with Crippen LogP contribution in [0.4, 0.5) is 0 Å². The maximum atomic E-state index is 12.6. The first-order valence-electron chi connectivity index (χ1n) is 7.56. The number of Topliss-reactive ketones (excluding diaryl/α,β-unsaturated/α-hetero) is 1. The van der Waals surface area contributed by atoms with E-state index in [1.165, 1.54) is 6.92 Å². The summed E-state index contributed by atoms with van der Waals surface area (Å²) in [4.78, 5) is 25.0. The zero-order valence-electron chi connectivity index (χ0n) is 13.0. The van der Waals surface area contributed by atoms with Crippen molar-refractivity contribution >= 4 is 11.8 Å². The monoisotopic (exact) mass is 306 g/mol. The van der Waals surface area contributed by atoms with E-state index in [2.05, 4.69) is 6.58 Å². The number of carbonyl (C=O) groups excluding carboxylic acids is 2. The van der Waals surface area contributed by atoms with Crippen LogP contribution in [0.5, 0.6) is 0 Å². The molecule has 2 aromatic carbocycles. The predicted octanol–water partition coefficient (Wildman–Crippen LogP) is 3.66. The highest BCUT2D eigenvalue weighted by molar-refractivity contribution is 6.08. The molecule has 2 aromatic rings. The standard InChI is InChI=1S/C20H18O3/c1-14-18(17-11-7-4-8-12-17)23-19(22)20(14,15(2)21)13-16-9-5-3-6-10-16/h3-12,18H,1,13H2,2H3. The smallest absolute Gasteiger partial charge is 0.325 e. The summed E-state index contributed by atoms with van der Waals surface area (Å²) >= 11 is 0. The van der Waals surface area contributed by atoms with E-state index in [9.17, 15) is 9.59 Å². The lowest BCUT2D eigenvalue weighted by atomic mass is 9.72. The number of rotatable bonds is 4. The average molecular weight is 306 g/mol. The van der Waals surface area contributed by atoms with Gasteiger partial charge in [-0.2, -0.15) is 0 Å². The van der Waals surface area contributed by atoms with Gasteiger partial charge in [-0.15, -0.1) is 0 Å². The van der Waals surface area contributed by atoms with E-state index in [0.29, 0.717) is 5.57 Å². The molecule has 1 aliphatic rings. The fourth-order valence-electron chi connectivity index (χ4n) is 3.11. The van der Waals surface area contributed by atoms with Crippen molar-refractivity contribution in [3.05, 3.63) is 83.9 Å². The van der Waals surface area contributed by atoms with Crippen LogP contribution in [0.2, 0.25) is 0 Å². The number of benzene rings is 2. The highest BCUT2D eigenvalue weighted by Crippen LogP contribution is 2.48. The Kier molecular flexibility index (Phi) is 3.87. The van der Waals surface area contributed by atoms with Crippen LogP contribution in [0.3, 0.4) is 0 Å². The topological polar surface area (TPSA) is 43.4 Å². The third-order valence-electron chi connectivity index (χ3n) is 4.45. The Morgan fingerprint density at radius 3 is 2.22 bits per heavy atom. The Morgan fingerprint density at radius 1 is 1.09 bits per heavy atom. The van der Waals surface area contributed by atoms with Crippen molar-refractivity contribution in [2.45, 2.75) is 19.4 Å². The Labute approximate surface area is 135 Å². The van der Waals surface area contributed by atoms with E-state index in [1.54, 1.807) is 0 Å². The van der Waals surface area contributed by atoms with Crippen molar-refractivity contribution in [1.29, 1.82) is 0 Å². The van der Waals surface area contributed by atoms with Crippen molar-refractivity contribution in [2.24, 2.45) is 5.41 Å². The average Bonchev–Trinajstić information content (AvgIpc) is 2.82. The van der Waals surface area contributed by atoms with Crippen LogP contribution in [0.25, 0.3) is 0 Å². The van der Waals surface area contributed by atoms with Gasteiger partial charge in [0.1, 0.15) is 6.10 Å². The molecular formula is C20H18O3. The van der Waals surface area contributed by atoms with Gasteiger partial charge in [0.05, 0.1) is 0 Å². The molecule has 3 nitrogen and oxygen atoms in total. The number of ether oxygens (including phenoxy) is 1. The summed E-state index contributed by atoms with van der Waals surface area (Å²) in [5, 5.41) is 0. The highest BCUT2D eigenvalue weighted by Gasteiger charge is 2.56. The Hall–Kier alpha value is -2.68. The summed E-state index contributed by atoms with van der Waals surface area (Å²) in [5.41, 5.74) is 0.962. The molecule has 0 bridgehead atoms. The lowest BCUT2D eigenvalue weighted by molar-refractivity contribution is -0.152. The molecule has 0 aliphatic carbocycles. The number of hydrogen-bond donors (Lipinski definition) is 0. The Balaban J connectivity index is 2.02. The molecule has 1 aliphatic heterocycles. The summed E-state index contributed by atoms with van der Waals surface area (Å²) in [6, 6.07) is 18.9. The molecule has 0 aromatic heterocycles. The molecule has 0 amide bonds. The summed E-state index contributed by atoms with van der Waals surface area (Å²) in [6.45, 7) is 5.50. The van der Waals surface area contributed by atoms with Gasteiger partial charge in [0.2, 0.25) is 0 Å². The lowest BCUT2D eigenvalue weighted by Gasteiger charge is -2.23. The molecule has 1 fully saturated rings. The number of hydrogen-bond acceptors (Lipinski definition) is 3. The van der Waals surface area contributed by atoms with Gasteiger partial charge >= 0.3 is 5.97 Å². The lowest BCUT2D eigenvalue weighted by Crippen LogP contribution is -2.37. The number of cyclic esters (lactones) is 1. The van der Waals surface area contributed by atoms with Crippen molar-refractivity contribution in [3.63, 3.8) is 0 Å². The second kappa shape index (κ2) is 5.84. The van der Waals surface area contributed by atoms with Crippen LogP contribution in [0.1, 0.15) is 24.2 Å². The van der Waals surface area contributed by atoms with Gasteiger partial charge in [0, 0.05) is 0 Å². The van der Waals surface area contributed by atoms with Crippen molar-refractivity contribution in [2.75, 3.05) is 0 Å². The maximum Gasteiger partial charge on any atom is 0.325 e.